The van der Waals surface area contributed by atoms with E-state index in [4.69, 9.17) is 4.74 Å². The number of ether oxygens (including phenoxy) is 1. The molecule has 3 unspecified atom stereocenters. The van der Waals surface area contributed by atoms with E-state index in [1.54, 1.807) is 18.2 Å². The summed E-state index contributed by atoms with van der Waals surface area (Å²) in [6.45, 7) is 4.33. The molecule has 4 nitrogen and oxygen atoms in total. The van der Waals surface area contributed by atoms with Crippen LogP contribution < -0.4 is 9.46 Å². The molecule has 21 heavy (non-hydrogen) atoms. The number of rotatable bonds is 4. The molecule has 0 amide bonds. The highest BCUT2D eigenvalue weighted by atomic mass is 79.9. The predicted molar refractivity (Wildman–Crippen MR) is 87.0 cm³/mol. The number of sulfonamides is 1. The molecule has 0 saturated heterocycles. The molecule has 1 aromatic carbocycles. The van der Waals surface area contributed by atoms with E-state index >= 15 is 0 Å². The minimum atomic E-state index is -3.58. The lowest BCUT2D eigenvalue weighted by Crippen LogP contribution is -2.42. The van der Waals surface area contributed by atoms with Crippen LogP contribution in [0.3, 0.4) is 0 Å². The van der Waals surface area contributed by atoms with Crippen LogP contribution in [0, 0.1) is 11.8 Å². The topological polar surface area (TPSA) is 55.4 Å². The smallest absolute Gasteiger partial charge is 0.244 e. The molecule has 0 aliphatic heterocycles. The van der Waals surface area contributed by atoms with Crippen LogP contribution in [-0.2, 0) is 10.0 Å². The van der Waals surface area contributed by atoms with Crippen molar-refractivity contribution in [2.45, 2.75) is 44.0 Å². The molecule has 3 atom stereocenters. The first kappa shape index (κ1) is 16.8. The fraction of sp³-hybridized carbons (Fsp3) is 0.600. The van der Waals surface area contributed by atoms with Crippen LogP contribution in [0.5, 0.6) is 5.75 Å². The molecule has 2 rings (SSSR count). The standard InChI is InChI=1S/C15H22BrNO3S/c1-10-4-6-13(11(2)8-10)17-21(18,19)15-9-12(16)5-7-14(15)20-3/h5,7,9-11,13,17H,4,6,8H2,1-3H3. The maximum absolute atomic E-state index is 12.6. The van der Waals surface area contributed by atoms with Crippen LogP contribution >= 0.6 is 15.9 Å². The van der Waals surface area contributed by atoms with E-state index in [-0.39, 0.29) is 10.9 Å². The first-order chi connectivity index (χ1) is 9.83. The maximum Gasteiger partial charge on any atom is 0.244 e. The van der Waals surface area contributed by atoms with Crippen molar-refractivity contribution in [3.63, 3.8) is 0 Å². The molecule has 1 aromatic rings. The summed E-state index contributed by atoms with van der Waals surface area (Å²) in [4.78, 5) is 0.185. The second-order valence-electron chi connectivity index (χ2n) is 5.92. The van der Waals surface area contributed by atoms with Gasteiger partial charge in [-0.3, -0.25) is 0 Å². The monoisotopic (exact) mass is 375 g/mol. The molecule has 1 fully saturated rings. The Morgan fingerprint density at radius 3 is 2.62 bits per heavy atom. The Morgan fingerprint density at radius 1 is 1.29 bits per heavy atom. The van der Waals surface area contributed by atoms with E-state index in [0.29, 0.717) is 22.1 Å². The van der Waals surface area contributed by atoms with Crippen LogP contribution in [0.15, 0.2) is 27.6 Å². The highest BCUT2D eigenvalue weighted by Gasteiger charge is 2.30. The highest BCUT2D eigenvalue weighted by molar-refractivity contribution is 9.10. The van der Waals surface area contributed by atoms with Crippen LogP contribution in [0.4, 0.5) is 0 Å². The largest absolute Gasteiger partial charge is 0.495 e. The molecule has 118 valence electrons. The summed E-state index contributed by atoms with van der Waals surface area (Å²) < 4.78 is 34.0. The fourth-order valence-corrected chi connectivity index (χ4v) is 5.05. The Hall–Kier alpha value is -0.590. The molecule has 1 aliphatic carbocycles. The van der Waals surface area contributed by atoms with E-state index in [1.807, 2.05) is 0 Å². The van der Waals surface area contributed by atoms with E-state index < -0.39 is 10.0 Å². The molecule has 1 aliphatic rings. The Morgan fingerprint density at radius 2 is 2.00 bits per heavy atom. The molecular formula is C15H22BrNO3S. The van der Waals surface area contributed by atoms with Crippen molar-refractivity contribution < 1.29 is 13.2 Å². The Bertz CT molecular complexity index is 603. The van der Waals surface area contributed by atoms with Gasteiger partial charge in [-0.05, 0) is 49.3 Å². The van der Waals surface area contributed by atoms with Crippen molar-refractivity contribution in [2.75, 3.05) is 7.11 Å². The number of methoxy groups -OCH3 is 1. The third-order valence-electron chi connectivity index (χ3n) is 4.15. The van der Waals surface area contributed by atoms with Crippen molar-refractivity contribution in [2.24, 2.45) is 11.8 Å². The van der Waals surface area contributed by atoms with Gasteiger partial charge in [0, 0.05) is 10.5 Å². The first-order valence-corrected chi connectivity index (χ1v) is 9.47. The number of halogens is 1. The van der Waals surface area contributed by atoms with Crippen molar-refractivity contribution >= 4 is 26.0 Å². The summed E-state index contributed by atoms with van der Waals surface area (Å²) >= 11 is 3.32. The molecule has 0 aromatic heterocycles. The number of hydrogen-bond acceptors (Lipinski definition) is 3. The predicted octanol–water partition coefficient (Wildman–Crippen LogP) is 3.56. The van der Waals surface area contributed by atoms with Crippen molar-refractivity contribution in [1.29, 1.82) is 0 Å². The second-order valence-corrected chi connectivity index (χ2v) is 8.52. The summed E-state index contributed by atoms with van der Waals surface area (Å²) in [6, 6.07) is 5.00. The van der Waals surface area contributed by atoms with Gasteiger partial charge in [-0.15, -0.1) is 0 Å². The minimum absolute atomic E-state index is 0.00473. The van der Waals surface area contributed by atoms with Crippen LogP contribution in [-0.4, -0.2) is 21.6 Å². The summed E-state index contributed by atoms with van der Waals surface area (Å²) in [5, 5.41) is 0. The van der Waals surface area contributed by atoms with Gasteiger partial charge in [0.05, 0.1) is 7.11 Å². The Kier molecular flexibility index (Phi) is 5.33. The van der Waals surface area contributed by atoms with Crippen molar-refractivity contribution in [3.05, 3.63) is 22.7 Å². The lowest BCUT2D eigenvalue weighted by molar-refractivity contribution is 0.249. The van der Waals surface area contributed by atoms with Gasteiger partial charge < -0.3 is 4.74 Å². The van der Waals surface area contributed by atoms with E-state index in [9.17, 15) is 8.42 Å². The maximum atomic E-state index is 12.6. The zero-order valence-electron chi connectivity index (χ0n) is 12.6. The van der Waals surface area contributed by atoms with Crippen LogP contribution in [0.2, 0.25) is 0 Å². The lowest BCUT2D eigenvalue weighted by atomic mass is 9.80. The molecular weight excluding hydrogens is 354 g/mol. The van der Waals surface area contributed by atoms with Crippen molar-refractivity contribution in [1.82, 2.24) is 4.72 Å². The zero-order valence-corrected chi connectivity index (χ0v) is 15.0. The van der Waals surface area contributed by atoms with Crippen molar-refractivity contribution in [3.8, 4) is 5.75 Å². The summed E-state index contributed by atoms with van der Waals surface area (Å²) in [5.74, 6) is 1.38. The SMILES string of the molecule is COc1ccc(Br)cc1S(=O)(=O)NC1CCC(C)CC1C. The Labute approximate surface area is 135 Å². The van der Waals surface area contributed by atoms with Gasteiger partial charge in [-0.2, -0.15) is 0 Å². The second kappa shape index (κ2) is 6.67. The molecule has 6 heteroatoms. The summed E-state index contributed by atoms with van der Waals surface area (Å²) in [6.07, 6.45) is 3.01. The third-order valence-corrected chi connectivity index (χ3v) is 6.16. The summed E-state index contributed by atoms with van der Waals surface area (Å²) in [5.41, 5.74) is 0. The van der Waals surface area contributed by atoms with Gasteiger partial charge in [-0.1, -0.05) is 29.8 Å². The molecule has 1 saturated carbocycles. The molecule has 1 N–H and O–H groups in total. The molecule has 0 bridgehead atoms. The normalized spacial score (nSPS) is 26.6. The Balaban J connectivity index is 2.24. The van der Waals surface area contributed by atoms with E-state index in [2.05, 4.69) is 34.5 Å². The number of nitrogens with one attached hydrogen (secondary N) is 1. The quantitative estimate of drug-likeness (QED) is 0.874. The van der Waals surface area contributed by atoms with Gasteiger partial charge in [-0.25, -0.2) is 13.1 Å². The fourth-order valence-electron chi connectivity index (χ4n) is 2.96. The van der Waals surface area contributed by atoms with Crippen LogP contribution in [0.25, 0.3) is 0 Å². The van der Waals surface area contributed by atoms with Gasteiger partial charge in [0.25, 0.3) is 0 Å². The first-order valence-electron chi connectivity index (χ1n) is 7.19. The zero-order chi connectivity index (χ0) is 15.6. The molecule has 0 radical (unpaired) electrons. The number of benzene rings is 1. The lowest BCUT2D eigenvalue weighted by Gasteiger charge is -2.33. The molecule has 0 spiro atoms. The van der Waals surface area contributed by atoms with Gasteiger partial charge >= 0.3 is 0 Å². The number of hydrogen-bond donors (Lipinski definition) is 1. The molecule has 0 heterocycles. The van der Waals surface area contributed by atoms with Crippen LogP contribution in [0.1, 0.15) is 33.1 Å². The average molecular weight is 376 g/mol. The summed E-state index contributed by atoms with van der Waals surface area (Å²) in [7, 11) is -2.10. The minimum Gasteiger partial charge on any atom is -0.495 e. The highest BCUT2D eigenvalue weighted by Crippen LogP contribution is 2.32. The van der Waals surface area contributed by atoms with E-state index in [0.717, 1.165) is 19.3 Å². The average Bonchev–Trinajstić information content (AvgIpc) is 2.42. The van der Waals surface area contributed by atoms with E-state index in [1.165, 1.54) is 7.11 Å². The third kappa shape index (κ3) is 3.99. The van der Waals surface area contributed by atoms with Gasteiger partial charge in [0.1, 0.15) is 10.6 Å². The van der Waals surface area contributed by atoms with Gasteiger partial charge in [0.15, 0.2) is 0 Å². The van der Waals surface area contributed by atoms with Gasteiger partial charge in [0.2, 0.25) is 10.0 Å².